The third-order valence-electron chi connectivity index (χ3n) is 3.43. The van der Waals surface area contributed by atoms with Gasteiger partial charge in [0.1, 0.15) is 0 Å². The van der Waals surface area contributed by atoms with E-state index in [1.165, 1.54) is 11.3 Å². The Bertz CT molecular complexity index is 540. The summed E-state index contributed by atoms with van der Waals surface area (Å²) in [6, 6.07) is 16.6. The van der Waals surface area contributed by atoms with Gasteiger partial charge in [0.05, 0.1) is 0 Å². The molecule has 2 nitrogen and oxygen atoms in total. The van der Waals surface area contributed by atoms with Crippen molar-refractivity contribution < 1.29 is 0 Å². The molecule has 3 heteroatoms. The largest absolute Gasteiger partial charge is 0.367 e. The average molecular weight is 289 g/mol. The van der Waals surface area contributed by atoms with E-state index >= 15 is 0 Å². The molecule has 0 atom stereocenters. The molecule has 0 bridgehead atoms. The third-order valence-corrected chi connectivity index (χ3v) is 3.78. The minimum Gasteiger partial charge on any atom is -0.367 e. The lowest BCUT2D eigenvalue weighted by molar-refractivity contribution is 0.818. The van der Waals surface area contributed by atoms with Gasteiger partial charge >= 0.3 is 0 Å². The van der Waals surface area contributed by atoms with Crippen molar-refractivity contribution in [2.75, 3.05) is 18.0 Å². The molecule has 2 aromatic rings. The maximum Gasteiger partial charge on any atom is 0.0459 e. The Morgan fingerprint density at radius 2 is 1.80 bits per heavy atom. The van der Waals surface area contributed by atoms with E-state index in [1.54, 1.807) is 0 Å². The van der Waals surface area contributed by atoms with Gasteiger partial charge in [-0.05, 0) is 43.1 Å². The van der Waals surface area contributed by atoms with Crippen molar-refractivity contribution in [2.24, 2.45) is 5.73 Å². The first-order valence-electron chi connectivity index (χ1n) is 7.02. The number of nitrogens with zero attached hydrogens (tertiary/aromatic N) is 1. The van der Waals surface area contributed by atoms with Crippen molar-refractivity contribution in [1.29, 1.82) is 0 Å². The van der Waals surface area contributed by atoms with E-state index in [9.17, 15) is 0 Å². The Hall–Kier alpha value is -1.51. The molecule has 0 aromatic heterocycles. The molecule has 106 valence electrons. The smallest absolute Gasteiger partial charge is 0.0459 e. The quantitative estimate of drug-likeness (QED) is 0.874. The molecular weight excluding hydrogens is 268 g/mol. The first-order chi connectivity index (χ1) is 9.76. The number of hydrogen-bond acceptors (Lipinski definition) is 2. The van der Waals surface area contributed by atoms with Gasteiger partial charge in [0.15, 0.2) is 0 Å². The van der Waals surface area contributed by atoms with Crippen LogP contribution in [0.15, 0.2) is 48.5 Å². The number of rotatable bonds is 6. The standard InChI is InChI=1S/C17H21ClN2/c1-2-20(13-14-7-4-3-5-8-14)17-10-6-9-16(18)15(17)11-12-19/h3-10H,2,11-13,19H2,1H3. The van der Waals surface area contributed by atoms with Gasteiger partial charge in [-0.2, -0.15) is 0 Å². The maximum atomic E-state index is 6.33. The highest BCUT2D eigenvalue weighted by molar-refractivity contribution is 6.31. The van der Waals surface area contributed by atoms with Crippen LogP contribution in [0.3, 0.4) is 0 Å². The molecular formula is C17H21ClN2. The number of anilines is 1. The molecule has 0 spiro atoms. The van der Waals surface area contributed by atoms with Crippen LogP contribution in [0.2, 0.25) is 5.02 Å². The van der Waals surface area contributed by atoms with E-state index in [-0.39, 0.29) is 0 Å². The highest BCUT2D eigenvalue weighted by Gasteiger charge is 2.12. The molecule has 0 heterocycles. The lowest BCUT2D eigenvalue weighted by Gasteiger charge is -2.26. The minimum absolute atomic E-state index is 0.611. The van der Waals surface area contributed by atoms with Crippen LogP contribution in [-0.2, 0) is 13.0 Å². The Kier molecular flexibility index (Phi) is 5.45. The summed E-state index contributed by atoms with van der Waals surface area (Å²) < 4.78 is 0. The topological polar surface area (TPSA) is 29.3 Å². The number of hydrogen-bond donors (Lipinski definition) is 1. The van der Waals surface area contributed by atoms with E-state index in [0.717, 1.165) is 30.1 Å². The normalized spacial score (nSPS) is 10.6. The molecule has 0 saturated heterocycles. The molecule has 0 aliphatic heterocycles. The van der Waals surface area contributed by atoms with E-state index in [2.05, 4.69) is 42.2 Å². The maximum absolute atomic E-state index is 6.33. The molecule has 0 saturated carbocycles. The Balaban J connectivity index is 2.29. The van der Waals surface area contributed by atoms with Gasteiger partial charge in [0.25, 0.3) is 0 Å². The van der Waals surface area contributed by atoms with Crippen LogP contribution in [0.4, 0.5) is 5.69 Å². The van der Waals surface area contributed by atoms with Gasteiger partial charge in [-0.15, -0.1) is 0 Å². The molecule has 0 radical (unpaired) electrons. The van der Waals surface area contributed by atoms with Crippen molar-refractivity contribution in [1.82, 2.24) is 0 Å². The van der Waals surface area contributed by atoms with Crippen LogP contribution in [0.1, 0.15) is 18.1 Å². The predicted octanol–water partition coefficient (Wildman–Crippen LogP) is 3.87. The monoisotopic (exact) mass is 288 g/mol. The summed E-state index contributed by atoms with van der Waals surface area (Å²) in [5.41, 5.74) is 9.35. The molecule has 2 rings (SSSR count). The van der Waals surface area contributed by atoms with E-state index in [1.807, 2.05) is 18.2 Å². The zero-order valence-corrected chi connectivity index (χ0v) is 12.6. The summed E-state index contributed by atoms with van der Waals surface area (Å²) in [5.74, 6) is 0. The van der Waals surface area contributed by atoms with Gasteiger partial charge in [-0.1, -0.05) is 48.0 Å². The number of halogens is 1. The molecule has 0 amide bonds. The SMILES string of the molecule is CCN(Cc1ccccc1)c1cccc(Cl)c1CCN. The molecule has 2 aromatic carbocycles. The van der Waals surface area contributed by atoms with Gasteiger partial charge in [-0.25, -0.2) is 0 Å². The second-order valence-corrected chi connectivity index (χ2v) is 5.18. The summed E-state index contributed by atoms with van der Waals surface area (Å²) in [4.78, 5) is 2.34. The summed E-state index contributed by atoms with van der Waals surface area (Å²) >= 11 is 6.33. The van der Waals surface area contributed by atoms with Crippen LogP contribution in [0, 0.1) is 0 Å². The first-order valence-corrected chi connectivity index (χ1v) is 7.40. The Labute approximate surface area is 126 Å². The molecule has 0 unspecified atom stereocenters. The molecule has 2 N–H and O–H groups in total. The van der Waals surface area contributed by atoms with Gasteiger partial charge < -0.3 is 10.6 Å². The van der Waals surface area contributed by atoms with Crippen LogP contribution >= 0.6 is 11.6 Å². The minimum atomic E-state index is 0.611. The zero-order chi connectivity index (χ0) is 14.4. The van der Waals surface area contributed by atoms with Crippen molar-refractivity contribution in [3.63, 3.8) is 0 Å². The van der Waals surface area contributed by atoms with Gasteiger partial charge in [0.2, 0.25) is 0 Å². The molecule has 20 heavy (non-hydrogen) atoms. The van der Waals surface area contributed by atoms with E-state index in [0.29, 0.717) is 6.54 Å². The lowest BCUT2D eigenvalue weighted by Crippen LogP contribution is -2.24. The van der Waals surface area contributed by atoms with Crippen molar-refractivity contribution in [3.8, 4) is 0 Å². The number of nitrogens with two attached hydrogens (primary N) is 1. The molecule has 0 aliphatic rings. The van der Waals surface area contributed by atoms with Gasteiger partial charge in [0, 0.05) is 23.8 Å². The summed E-state index contributed by atoms with van der Waals surface area (Å²) in [5, 5.41) is 0.805. The Morgan fingerprint density at radius 3 is 2.45 bits per heavy atom. The summed E-state index contributed by atoms with van der Waals surface area (Å²) in [7, 11) is 0. The van der Waals surface area contributed by atoms with Crippen molar-refractivity contribution in [3.05, 3.63) is 64.7 Å². The summed E-state index contributed by atoms with van der Waals surface area (Å²) in [6.07, 6.45) is 0.806. The summed E-state index contributed by atoms with van der Waals surface area (Å²) in [6.45, 7) is 4.59. The Morgan fingerprint density at radius 1 is 1.05 bits per heavy atom. The fourth-order valence-electron chi connectivity index (χ4n) is 2.41. The molecule has 0 aliphatic carbocycles. The third kappa shape index (κ3) is 3.53. The van der Waals surface area contributed by atoms with E-state index < -0.39 is 0 Å². The molecule has 0 fully saturated rings. The number of benzene rings is 2. The van der Waals surface area contributed by atoms with Gasteiger partial charge in [-0.3, -0.25) is 0 Å². The van der Waals surface area contributed by atoms with Crippen molar-refractivity contribution in [2.45, 2.75) is 19.9 Å². The fraction of sp³-hybridized carbons (Fsp3) is 0.294. The zero-order valence-electron chi connectivity index (χ0n) is 11.8. The highest BCUT2D eigenvalue weighted by Crippen LogP contribution is 2.28. The second-order valence-electron chi connectivity index (χ2n) is 4.78. The average Bonchev–Trinajstić information content (AvgIpc) is 2.48. The van der Waals surface area contributed by atoms with Crippen LogP contribution in [-0.4, -0.2) is 13.1 Å². The van der Waals surface area contributed by atoms with Crippen LogP contribution in [0.5, 0.6) is 0 Å². The predicted molar refractivity (Wildman–Crippen MR) is 87.4 cm³/mol. The van der Waals surface area contributed by atoms with Crippen molar-refractivity contribution >= 4 is 17.3 Å². The fourth-order valence-corrected chi connectivity index (χ4v) is 2.67. The first kappa shape index (κ1) is 14.9. The van der Waals surface area contributed by atoms with E-state index in [4.69, 9.17) is 17.3 Å². The van der Waals surface area contributed by atoms with Crippen LogP contribution in [0.25, 0.3) is 0 Å². The lowest BCUT2D eigenvalue weighted by atomic mass is 10.1. The van der Waals surface area contributed by atoms with Crippen LogP contribution < -0.4 is 10.6 Å². The second kappa shape index (κ2) is 7.32. The highest BCUT2D eigenvalue weighted by atomic mass is 35.5.